The highest BCUT2D eigenvalue weighted by molar-refractivity contribution is 5.22. The maximum Gasteiger partial charge on any atom is 0.235 e. The van der Waals surface area contributed by atoms with Gasteiger partial charge in [0.05, 0.1) is 30.8 Å². The second-order valence-corrected chi connectivity index (χ2v) is 2.51. The van der Waals surface area contributed by atoms with Crippen LogP contribution >= 0.6 is 0 Å². The molecule has 0 saturated heterocycles. The lowest BCUT2D eigenvalue weighted by atomic mass is 10.3. The van der Waals surface area contributed by atoms with Gasteiger partial charge in [0.25, 0.3) is 0 Å². The minimum Gasteiger partial charge on any atom is -0.480 e. The first-order valence-corrected chi connectivity index (χ1v) is 3.68. The summed E-state index contributed by atoms with van der Waals surface area (Å²) in [6.45, 7) is 3.51. The van der Waals surface area contributed by atoms with E-state index >= 15 is 0 Å². The highest BCUT2D eigenvalue weighted by atomic mass is 16.5. The van der Waals surface area contributed by atoms with Gasteiger partial charge in [-0.1, -0.05) is 0 Å². The van der Waals surface area contributed by atoms with Gasteiger partial charge >= 0.3 is 0 Å². The van der Waals surface area contributed by atoms with Gasteiger partial charge in [0.15, 0.2) is 0 Å². The van der Waals surface area contributed by atoms with Crippen LogP contribution in [0.5, 0.6) is 5.88 Å². The number of hydrogen-bond donors (Lipinski definition) is 1. The minimum atomic E-state index is -0.0797. The van der Waals surface area contributed by atoms with E-state index in [1.165, 1.54) is 0 Å². The van der Waals surface area contributed by atoms with E-state index in [9.17, 15) is 0 Å². The van der Waals surface area contributed by atoms with Crippen LogP contribution in [0.25, 0.3) is 0 Å². The Kier molecular flexibility index (Phi) is 2.60. The van der Waals surface area contributed by atoms with Gasteiger partial charge in [-0.25, -0.2) is 9.97 Å². The summed E-state index contributed by atoms with van der Waals surface area (Å²) >= 11 is 0. The summed E-state index contributed by atoms with van der Waals surface area (Å²) in [6, 6.07) is 0. The fraction of sp³-hybridized carbons (Fsp3) is 0.500. The second kappa shape index (κ2) is 3.49. The SMILES string of the molecule is COc1nc(C)c(CO)nc1C. The third-order valence-corrected chi connectivity index (χ3v) is 1.64. The molecule has 0 aromatic carbocycles. The summed E-state index contributed by atoms with van der Waals surface area (Å²) in [4.78, 5) is 8.24. The second-order valence-electron chi connectivity index (χ2n) is 2.51. The zero-order valence-electron chi connectivity index (χ0n) is 7.46. The number of aromatic nitrogens is 2. The van der Waals surface area contributed by atoms with Crippen molar-refractivity contribution < 1.29 is 9.84 Å². The lowest BCUT2D eigenvalue weighted by Crippen LogP contribution is -2.02. The van der Waals surface area contributed by atoms with Crippen LogP contribution in [0.4, 0.5) is 0 Å². The van der Waals surface area contributed by atoms with E-state index < -0.39 is 0 Å². The van der Waals surface area contributed by atoms with Crippen LogP contribution in [0.1, 0.15) is 17.1 Å². The van der Waals surface area contributed by atoms with Gasteiger partial charge in [-0.2, -0.15) is 0 Å². The number of nitrogens with zero attached hydrogens (tertiary/aromatic N) is 2. The van der Waals surface area contributed by atoms with E-state index in [0.29, 0.717) is 23.0 Å². The Bertz CT molecular complexity index is 257. The van der Waals surface area contributed by atoms with Gasteiger partial charge in [0.1, 0.15) is 0 Å². The van der Waals surface area contributed by atoms with Crippen molar-refractivity contribution in [2.24, 2.45) is 0 Å². The molecule has 1 heterocycles. The maximum absolute atomic E-state index is 8.86. The number of aliphatic hydroxyl groups is 1. The molecule has 0 unspecified atom stereocenters. The van der Waals surface area contributed by atoms with Crippen molar-refractivity contribution in [3.05, 3.63) is 17.1 Å². The monoisotopic (exact) mass is 168 g/mol. The van der Waals surface area contributed by atoms with Crippen LogP contribution in [0, 0.1) is 13.8 Å². The molecule has 12 heavy (non-hydrogen) atoms. The molecule has 0 radical (unpaired) electrons. The molecule has 4 nitrogen and oxygen atoms in total. The van der Waals surface area contributed by atoms with E-state index in [4.69, 9.17) is 9.84 Å². The maximum atomic E-state index is 8.86. The van der Waals surface area contributed by atoms with Crippen molar-refractivity contribution in [2.45, 2.75) is 20.5 Å². The van der Waals surface area contributed by atoms with Crippen LogP contribution in [0.2, 0.25) is 0 Å². The highest BCUT2D eigenvalue weighted by Gasteiger charge is 2.06. The quantitative estimate of drug-likeness (QED) is 0.702. The third kappa shape index (κ3) is 1.53. The average Bonchev–Trinajstić information content (AvgIpc) is 2.08. The smallest absolute Gasteiger partial charge is 0.235 e. The third-order valence-electron chi connectivity index (χ3n) is 1.64. The number of ether oxygens (including phenoxy) is 1. The average molecular weight is 168 g/mol. The Balaban J connectivity index is 3.16. The normalized spacial score (nSPS) is 10.0. The molecule has 0 spiro atoms. The standard InChI is InChI=1S/C8H12N2O2/c1-5-7(4-11)9-6(2)8(10-5)12-3/h11H,4H2,1-3H3. The van der Waals surface area contributed by atoms with Crippen LogP contribution in [0.15, 0.2) is 0 Å². The molecule has 1 aromatic heterocycles. The lowest BCUT2D eigenvalue weighted by molar-refractivity contribution is 0.274. The van der Waals surface area contributed by atoms with E-state index in [1.807, 2.05) is 0 Å². The first kappa shape index (κ1) is 8.93. The molecule has 0 amide bonds. The zero-order chi connectivity index (χ0) is 9.14. The molecule has 66 valence electrons. The van der Waals surface area contributed by atoms with E-state index in [0.717, 1.165) is 0 Å². The number of rotatable bonds is 2. The lowest BCUT2D eigenvalue weighted by Gasteiger charge is -2.06. The fourth-order valence-corrected chi connectivity index (χ4v) is 0.972. The fourth-order valence-electron chi connectivity index (χ4n) is 0.972. The van der Waals surface area contributed by atoms with Gasteiger partial charge in [0, 0.05) is 0 Å². The van der Waals surface area contributed by atoms with Crippen LogP contribution in [0.3, 0.4) is 0 Å². The zero-order valence-corrected chi connectivity index (χ0v) is 7.46. The van der Waals surface area contributed by atoms with Crippen molar-refractivity contribution in [1.82, 2.24) is 9.97 Å². The Morgan fingerprint density at radius 1 is 1.25 bits per heavy atom. The molecule has 0 aliphatic carbocycles. The van der Waals surface area contributed by atoms with Gasteiger partial charge < -0.3 is 9.84 Å². The van der Waals surface area contributed by atoms with Crippen molar-refractivity contribution in [2.75, 3.05) is 7.11 Å². The van der Waals surface area contributed by atoms with Gasteiger partial charge in [-0.05, 0) is 13.8 Å². The summed E-state index contributed by atoms with van der Waals surface area (Å²) in [6.07, 6.45) is 0. The molecule has 1 aromatic rings. The van der Waals surface area contributed by atoms with Crippen molar-refractivity contribution >= 4 is 0 Å². The van der Waals surface area contributed by atoms with Crippen LogP contribution in [-0.4, -0.2) is 22.2 Å². The molecule has 1 N–H and O–H groups in total. The highest BCUT2D eigenvalue weighted by Crippen LogP contribution is 2.13. The molecule has 0 bridgehead atoms. The first-order valence-electron chi connectivity index (χ1n) is 3.68. The number of aliphatic hydroxyl groups excluding tert-OH is 1. The van der Waals surface area contributed by atoms with Crippen molar-refractivity contribution in [1.29, 1.82) is 0 Å². The molecule has 0 atom stereocenters. The van der Waals surface area contributed by atoms with Crippen LogP contribution in [-0.2, 0) is 6.61 Å². The van der Waals surface area contributed by atoms with E-state index in [2.05, 4.69) is 9.97 Å². The van der Waals surface area contributed by atoms with Gasteiger partial charge in [0.2, 0.25) is 5.88 Å². The predicted octanol–water partition coefficient (Wildman–Crippen LogP) is 0.594. The van der Waals surface area contributed by atoms with Gasteiger partial charge in [-0.3, -0.25) is 0 Å². The molecule has 0 aliphatic rings. The summed E-state index contributed by atoms with van der Waals surface area (Å²) in [5, 5.41) is 8.86. The molecular formula is C8H12N2O2. The molecule has 0 saturated carbocycles. The number of methoxy groups -OCH3 is 1. The Hall–Kier alpha value is -1.16. The molecule has 1 rings (SSSR count). The van der Waals surface area contributed by atoms with Crippen molar-refractivity contribution in [3.8, 4) is 5.88 Å². The summed E-state index contributed by atoms with van der Waals surface area (Å²) in [5.41, 5.74) is 2.01. The molecule has 0 fully saturated rings. The van der Waals surface area contributed by atoms with Gasteiger partial charge in [-0.15, -0.1) is 0 Å². The van der Waals surface area contributed by atoms with Crippen molar-refractivity contribution in [3.63, 3.8) is 0 Å². The summed E-state index contributed by atoms with van der Waals surface area (Å²) in [5.74, 6) is 0.518. The van der Waals surface area contributed by atoms with E-state index in [1.54, 1.807) is 21.0 Å². The topological polar surface area (TPSA) is 55.2 Å². The summed E-state index contributed by atoms with van der Waals surface area (Å²) in [7, 11) is 1.55. The summed E-state index contributed by atoms with van der Waals surface area (Å²) < 4.78 is 4.97. The van der Waals surface area contributed by atoms with E-state index in [-0.39, 0.29) is 6.61 Å². The minimum absolute atomic E-state index is 0.0797. The first-order chi connectivity index (χ1) is 5.69. The number of hydrogen-bond acceptors (Lipinski definition) is 4. The molecule has 0 aliphatic heterocycles. The largest absolute Gasteiger partial charge is 0.480 e. The number of aryl methyl sites for hydroxylation is 2. The Morgan fingerprint density at radius 2 is 1.92 bits per heavy atom. The predicted molar refractivity (Wildman–Crippen MR) is 44.0 cm³/mol. The molecule has 4 heteroatoms. The Labute approximate surface area is 71.2 Å². The molecular weight excluding hydrogens is 156 g/mol. The Morgan fingerprint density at radius 3 is 2.42 bits per heavy atom. The van der Waals surface area contributed by atoms with Crippen LogP contribution < -0.4 is 4.74 Å².